The van der Waals surface area contributed by atoms with Crippen molar-refractivity contribution >= 4 is 18.4 Å². The van der Waals surface area contributed by atoms with Crippen molar-refractivity contribution in [1.82, 2.24) is 14.9 Å². The average Bonchev–Trinajstić information content (AvgIpc) is 2.58. The lowest BCUT2D eigenvalue weighted by Crippen LogP contribution is -1.93. The van der Waals surface area contributed by atoms with Gasteiger partial charge in [-0.2, -0.15) is 14.9 Å². The predicted molar refractivity (Wildman–Crippen MR) is 64.9 cm³/mol. The van der Waals surface area contributed by atoms with Gasteiger partial charge in [-0.25, -0.2) is 0 Å². The maximum Gasteiger partial charge on any atom is 0.216 e. The number of benzene rings is 1. The van der Waals surface area contributed by atoms with Gasteiger partial charge in [-0.3, -0.25) is 5.10 Å². The first kappa shape index (κ1) is 11.3. The largest absolute Gasteiger partial charge is 0.508 e. The number of aryl methyl sites for hydroxylation is 1. The summed E-state index contributed by atoms with van der Waals surface area (Å²) in [6.45, 7) is 1.75. The number of H-pyrrole nitrogens is 1. The second kappa shape index (κ2) is 4.38. The maximum absolute atomic E-state index is 9.55. The lowest BCUT2D eigenvalue weighted by Gasteiger charge is -1.99. The van der Waals surface area contributed by atoms with Gasteiger partial charge < -0.3 is 10.2 Å². The van der Waals surface area contributed by atoms with Gasteiger partial charge in [-0.15, -0.1) is 0 Å². The van der Waals surface area contributed by atoms with Crippen LogP contribution in [0.15, 0.2) is 23.3 Å². The summed E-state index contributed by atoms with van der Waals surface area (Å²) >= 11 is 4.97. The molecule has 0 spiro atoms. The Balaban J connectivity index is 2.36. The summed E-state index contributed by atoms with van der Waals surface area (Å²) < 4.78 is 1.80. The zero-order valence-electron chi connectivity index (χ0n) is 8.95. The smallest absolute Gasteiger partial charge is 0.216 e. The number of aromatic hydroxyl groups is 2. The Bertz CT molecular complexity index is 629. The van der Waals surface area contributed by atoms with Crippen LogP contribution in [0.1, 0.15) is 11.4 Å². The Morgan fingerprint density at radius 2 is 2.24 bits per heavy atom. The number of rotatable bonds is 2. The highest BCUT2D eigenvalue weighted by Crippen LogP contribution is 2.20. The van der Waals surface area contributed by atoms with Crippen LogP contribution in [0.4, 0.5) is 0 Å². The molecule has 0 saturated heterocycles. The van der Waals surface area contributed by atoms with E-state index in [4.69, 9.17) is 17.3 Å². The highest BCUT2D eigenvalue weighted by Gasteiger charge is 2.01. The van der Waals surface area contributed by atoms with Crippen LogP contribution in [0.2, 0.25) is 0 Å². The standard InChI is InChI=1S/C10H10N4O2S/c1-6-12-13-10(17)14(6)11-5-7-2-3-8(15)4-9(7)16/h2-5,15-16H,1H3,(H,13,17)/b11-5+. The molecule has 1 aromatic carbocycles. The Morgan fingerprint density at radius 3 is 2.82 bits per heavy atom. The number of aromatic nitrogens is 3. The van der Waals surface area contributed by atoms with Gasteiger partial charge in [-0.05, 0) is 31.3 Å². The third-order valence-corrected chi connectivity index (χ3v) is 2.40. The monoisotopic (exact) mass is 250 g/mol. The van der Waals surface area contributed by atoms with E-state index in [1.165, 1.54) is 23.0 Å². The van der Waals surface area contributed by atoms with Crippen molar-refractivity contribution in [3.8, 4) is 11.5 Å². The molecule has 7 heteroatoms. The summed E-state index contributed by atoms with van der Waals surface area (Å²) in [5, 5.41) is 29.3. The molecule has 0 fully saturated rings. The van der Waals surface area contributed by atoms with Crippen LogP contribution >= 0.6 is 12.2 Å². The van der Waals surface area contributed by atoms with Crippen molar-refractivity contribution in [2.24, 2.45) is 5.10 Å². The van der Waals surface area contributed by atoms with Crippen LogP contribution in [-0.4, -0.2) is 31.3 Å². The SMILES string of the molecule is Cc1n[nH]c(=S)n1/N=C/c1ccc(O)cc1O. The first-order chi connectivity index (χ1) is 8.08. The fraction of sp³-hybridized carbons (Fsp3) is 0.100. The van der Waals surface area contributed by atoms with Crippen molar-refractivity contribution < 1.29 is 10.2 Å². The topological polar surface area (TPSA) is 86.4 Å². The highest BCUT2D eigenvalue weighted by molar-refractivity contribution is 7.71. The number of hydrogen-bond acceptors (Lipinski definition) is 5. The van der Waals surface area contributed by atoms with Crippen molar-refractivity contribution in [1.29, 1.82) is 0 Å². The number of nitrogens with zero attached hydrogens (tertiary/aromatic N) is 3. The Kier molecular flexibility index (Phi) is 2.92. The van der Waals surface area contributed by atoms with Gasteiger partial charge in [0.25, 0.3) is 0 Å². The van der Waals surface area contributed by atoms with Crippen LogP contribution in [0.3, 0.4) is 0 Å². The van der Waals surface area contributed by atoms with Crippen LogP contribution in [-0.2, 0) is 0 Å². The number of phenols is 2. The molecule has 17 heavy (non-hydrogen) atoms. The molecule has 0 aliphatic rings. The van der Waals surface area contributed by atoms with Crippen molar-refractivity contribution in [2.45, 2.75) is 6.92 Å². The number of phenolic OH excluding ortho intramolecular Hbond substituents is 2. The molecular weight excluding hydrogens is 240 g/mol. The molecule has 6 nitrogen and oxygen atoms in total. The fourth-order valence-corrected chi connectivity index (χ4v) is 1.49. The van der Waals surface area contributed by atoms with Crippen molar-refractivity contribution in [3.63, 3.8) is 0 Å². The molecule has 0 saturated carbocycles. The third-order valence-electron chi connectivity index (χ3n) is 2.14. The van der Waals surface area contributed by atoms with E-state index in [2.05, 4.69) is 15.3 Å². The average molecular weight is 250 g/mol. The van der Waals surface area contributed by atoms with Gasteiger partial charge in [0.2, 0.25) is 4.77 Å². The molecule has 0 unspecified atom stereocenters. The summed E-state index contributed by atoms with van der Waals surface area (Å²) in [5.41, 5.74) is 0.477. The second-order valence-electron chi connectivity index (χ2n) is 3.38. The molecule has 1 heterocycles. The molecule has 0 aliphatic carbocycles. The van der Waals surface area contributed by atoms with E-state index in [1.807, 2.05) is 0 Å². The van der Waals surface area contributed by atoms with E-state index in [0.717, 1.165) is 0 Å². The summed E-state index contributed by atoms with van der Waals surface area (Å²) in [5.74, 6) is 0.557. The van der Waals surface area contributed by atoms with Gasteiger partial charge in [0.05, 0.1) is 6.21 Å². The summed E-state index contributed by atoms with van der Waals surface area (Å²) in [6, 6.07) is 4.25. The maximum atomic E-state index is 9.55. The second-order valence-corrected chi connectivity index (χ2v) is 3.76. The van der Waals surface area contributed by atoms with Crippen LogP contribution < -0.4 is 0 Å². The normalized spacial score (nSPS) is 11.1. The van der Waals surface area contributed by atoms with Crippen molar-refractivity contribution in [2.75, 3.05) is 0 Å². The van der Waals surface area contributed by atoms with Gasteiger partial charge in [0.15, 0.2) is 0 Å². The van der Waals surface area contributed by atoms with Crippen LogP contribution in [0.25, 0.3) is 0 Å². The molecule has 0 bridgehead atoms. The number of nitrogens with one attached hydrogen (secondary N) is 1. The molecule has 0 radical (unpaired) electrons. The Labute approximate surface area is 102 Å². The van der Waals surface area contributed by atoms with E-state index in [0.29, 0.717) is 16.2 Å². The number of aromatic amines is 1. The Hall–Kier alpha value is -2.15. The van der Waals surface area contributed by atoms with E-state index in [9.17, 15) is 5.11 Å². The zero-order valence-corrected chi connectivity index (χ0v) is 9.77. The summed E-state index contributed by atoms with van der Waals surface area (Å²) in [4.78, 5) is 0. The van der Waals surface area contributed by atoms with E-state index >= 15 is 0 Å². The van der Waals surface area contributed by atoms with Gasteiger partial charge in [-0.1, -0.05) is 0 Å². The molecule has 0 atom stereocenters. The Morgan fingerprint density at radius 1 is 1.47 bits per heavy atom. The minimum atomic E-state index is -0.0542. The highest BCUT2D eigenvalue weighted by atomic mass is 32.1. The van der Waals surface area contributed by atoms with Crippen molar-refractivity contribution in [3.05, 3.63) is 34.4 Å². The summed E-state index contributed by atoms with van der Waals surface area (Å²) in [6.07, 6.45) is 1.44. The number of hydrogen-bond donors (Lipinski definition) is 3. The molecule has 2 rings (SSSR count). The van der Waals surface area contributed by atoms with Gasteiger partial charge in [0, 0.05) is 11.6 Å². The molecular formula is C10H10N4O2S. The van der Waals surface area contributed by atoms with E-state index in [1.54, 1.807) is 13.0 Å². The molecule has 3 N–H and O–H groups in total. The first-order valence-corrected chi connectivity index (χ1v) is 5.19. The predicted octanol–water partition coefficient (Wildman–Crippen LogP) is 1.54. The third kappa shape index (κ3) is 2.34. The molecule has 0 amide bonds. The minimum Gasteiger partial charge on any atom is -0.508 e. The van der Waals surface area contributed by atoms with E-state index in [-0.39, 0.29) is 11.5 Å². The molecule has 2 aromatic rings. The van der Waals surface area contributed by atoms with Gasteiger partial charge >= 0.3 is 0 Å². The minimum absolute atomic E-state index is 0.00393. The quantitative estimate of drug-likeness (QED) is 0.557. The van der Waals surface area contributed by atoms with Crippen LogP contribution in [0, 0.1) is 11.7 Å². The van der Waals surface area contributed by atoms with Gasteiger partial charge in [0.1, 0.15) is 17.3 Å². The van der Waals surface area contributed by atoms with E-state index < -0.39 is 0 Å². The van der Waals surface area contributed by atoms with Crippen LogP contribution in [0.5, 0.6) is 11.5 Å². The lowest BCUT2D eigenvalue weighted by molar-refractivity contribution is 0.450. The molecule has 88 valence electrons. The summed E-state index contributed by atoms with van der Waals surface area (Å²) in [7, 11) is 0. The molecule has 1 aromatic heterocycles. The molecule has 0 aliphatic heterocycles. The lowest BCUT2D eigenvalue weighted by atomic mass is 10.2. The first-order valence-electron chi connectivity index (χ1n) is 4.78. The zero-order chi connectivity index (χ0) is 12.4. The fourth-order valence-electron chi connectivity index (χ4n) is 1.27.